The van der Waals surface area contributed by atoms with Gasteiger partial charge in [0.2, 0.25) is 0 Å². The van der Waals surface area contributed by atoms with E-state index in [1.54, 1.807) is 0 Å². The van der Waals surface area contributed by atoms with E-state index in [0.29, 0.717) is 12.0 Å². The Morgan fingerprint density at radius 3 is 2.59 bits per heavy atom. The van der Waals surface area contributed by atoms with Crippen LogP contribution >= 0.6 is 24.0 Å². The average molecular weight is 516 g/mol. The van der Waals surface area contributed by atoms with Crippen molar-refractivity contribution in [1.29, 1.82) is 0 Å². The molecule has 164 valence electrons. The van der Waals surface area contributed by atoms with Gasteiger partial charge in [-0.1, -0.05) is 13.0 Å². The van der Waals surface area contributed by atoms with Crippen molar-refractivity contribution in [3.8, 4) is 0 Å². The first-order chi connectivity index (χ1) is 13.6. The Bertz CT molecular complexity index is 612. The monoisotopic (exact) mass is 516 g/mol. The molecule has 0 bridgehead atoms. The van der Waals surface area contributed by atoms with E-state index >= 15 is 0 Å². The van der Waals surface area contributed by atoms with Gasteiger partial charge in [0.05, 0.1) is 13.2 Å². The SMILES string of the molecule is CN=C(NCC(C)CN1CCOCC1)NC1CCN(c2ccc(C)cn2)CC1.I. The standard InChI is InChI=1S/C21H36N6O.HI/c1-17-4-5-20(23-14-17)27-8-6-19(7-9-27)25-21(22-3)24-15-18(2)16-26-10-12-28-13-11-26;/h4-5,14,18-19H,6-13,15-16H2,1-3H3,(H2,22,24,25);1H. The molecule has 29 heavy (non-hydrogen) atoms. The van der Waals surface area contributed by atoms with Gasteiger partial charge in [-0.2, -0.15) is 0 Å². The minimum absolute atomic E-state index is 0. The molecule has 2 aliphatic rings. The van der Waals surface area contributed by atoms with Gasteiger partial charge in [0.1, 0.15) is 5.82 Å². The molecular weight excluding hydrogens is 479 g/mol. The van der Waals surface area contributed by atoms with Crippen LogP contribution in [0.15, 0.2) is 23.3 Å². The zero-order valence-corrected chi connectivity index (χ0v) is 20.4. The fraction of sp³-hybridized carbons (Fsp3) is 0.714. The molecule has 1 atom stereocenters. The lowest BCUT2D eigenvalue weighted by molar-refractivity contribution is 0.0320. The summed E-state index contributed by atoms with van der Waals surface area (Å²) in [5, 5.41) is 7.11. The Morgan fingerprint density at radius 2 is 1.97 bits per heavy atom. The van der Waals surface area contributed by atoms with E-state index in [0.717, 1.165) is 77.1 Å². The number of pyridine rings is 1. The van der Waals surface area contributed by atoms with Crippen molar-refractivity contribution in [2.45, 2.75) is 32.7 Å². The van der Waals surface area contributed by atoms with Crippen molar-refractivity contribution in [3.05, 3.63) is 23.9 Å². The predicted octanol–water partition coefficient (Wildman–Crippen LogP) is 2.11. The number of aromatic nitrogens is 1. The number of guanidine groups is 1. The number of halogens is 1. The Balaban J connectivity index is 0.00000300. The number of aryl methyl sites for hydroxylation is 1. The van der Waals surface area contributed by atoms with Gasteiger partial charge in [-0.15, -0.1) is 24.0 Å². The summed E-state index contributed by atoms with van der Waals surface area (Å²) in [6, 6.07) is 4.72. The molecule has 0 amide bonds. The predicted molar refractivity (Wildman–Crippen MR) is 131 cm³/mol. The Kier molecular flexibility index (Phi) is 10.4. The van der Waals surface area contributed by atoms with Gasteiger partial charge in [0.15, 0.2) is 5.96 Å². The van der Waals surface area contributed by atoms with Crippen LogP contribution in [0.3, 0.4) is 0 Å². The van der Waals surface area contributed by atoms with E-state index < -0.39 is 0 Å². The second-order valence-corrected chi connectivity index (χ2v) is 8.07. The molecule has 1 aromatic heterocycles. The summed E-state index contributed by atoms with van der Waals surface area (Å²) in [4.78, 5) is 13.8. The summed E-state index contributed by atoms with van der Waals surface area (Å²) < 4.78 is 5.43. The Labute approximate surface area is 192 Å². The summed E-state index contributed by atoms with van der Waals surface area (Å²) in [6.45, 7) is 12.3. The lowest BCUT2D eigenvalue weighted by Crippen LogP contribution is -2.50. The summed E-state index contributed by atoms with van der Waals surface area (Å²) in [7, 11) is 1.85. The molecule has 0 spiro atoms. The third-order valence-electron chi connectivity index (χ3n) is 5.57. The highest BCUT2D eigenvalue weighted by molar-refractivity contribution is 14.0. The zero-order valence-electron chi connectivity index (χ0n) is 18.1. The molecule has 2 aliphatic heterocycles. The second kappa shape index (κ2) is 12.5. The van der Waals surface area contributed by atoms with Gasteiger partial charge in [-0.05, 0) is 37.3 Å². The number of morpholine rings is 1. The van der Waals surface area contributed by atoms with Gasteiger partial charge in [0.25, 0.3) is 0 Å². The molecule has 0 aromatic carbocycles. The number of hydrogen-bond acceptors (Lipinski definition) is 5. The molecule has 0 radical (unpaired) electrons. The average Bonchev–Trinajstić information content (AvgIpc) is 2.73. The van der Waals surface area contributed by atoms with Crippen LogP contribution in [0.25, 0.3) is 0 Å². The number of piperidine rings is 1. The fourth-order valence-electron chi connectivity index (χ4n) is 3.85. The highest BCUT2D eigenvalue weighted by Crippen LogP contribution is 2.18. The van der Waals surface area contributed by atoms with Crippen LogP contribution in [0.5, 0.6) is 0 Å². The van der Waals surface area contributed by atoms with Crippen molar-refractivity contribution in [3.63, 3.8) is 0 Å². The molecule has 1 unspecified atom stereocenters. The molecule has 8 heteroatoms. The number of nitrogens with zero attached hydrogens (tertiary/aromatic N) is 4. The van der Waals surface area contributed by atoms with E-state index in [9.17, 15) is 0 Å². The maximum absolute atomic E-state index is 5.43. The molecule has 3 heterocycles. The second-order valence-electron chi connectivity index (χ2n) is 8.07. The number of aliphatic imine (C=N–C) groups is 1. The van der Waals surface area contributed by atoms with Gasteiger partial charge >= 0.3 is 0 Å². The smallest absolute Gasteiger partial charge is 0.191 e. The highest BCUT2D eigenvalue weighted by Gasteiger charge is 2.21. The highest BCUT2D eigenvalue weighted by atomic mass is 127. The quantitative estimate of drug-likeness (QED) is 0.343. The van der Waals surface area contributed by atoms with Gasteiger partial charge < -0.3 is 20.3 Å². The first kappa shape index (κ1) is 24.1. The first-order valence-corrected chi connectivity index (χ1v) is 10.6. The molecule has 3 rings (SSSR count). The number of hydrogen-bond donors (Lipinski definition) is 2. The maximum Gasteiger partial charge on any atom is 0.191 e. The molecule has 0 saturated carbocycles. The lowest BCUT2D eigenvalue weighted by atomic mass is 10.1. The van der Waals surface area contributed by atoms with Gasteiger partial charge in [-0.3, -0.25) is 9.89 Å². The summed E-state index contributed by atoms with van der Waals surface area (Å²) in [5.41, 5.74) is 1.21. The van der Waals surface area contributed by atoms with Crippen LogP contribution < -0.4 is 15.5 Å². The third kappa shape index (κ3) is 7.90. The first-order valence-electron chi connectivity index (χ1n) is 10.6. The minimum Gasteiger partial charge on any atom is -0.379 e. The molecule has 1 aromatic rings. The number of anilines is 1. The maximum atomic E-state index is 5.43. The van der Waals surface area contributed by atoms with E-state index in [-0.39, 0.29) is 24.0 Å². The van der Waals surface area contributed by atoms with Crippen LogP contribution in [-0.4, -0.2) is 81.4 Å². The molecule has 2 N–H and O–H groups in total. The molecule has 7 nitrogen and oxygen atoms in total. The zero-order chi connectivity index (χ0) is 19.8. The number of nitrogens with one attached hydrogen (secondary N) is 2. The Morgan fingerprint density at radius 1 is 1.24 bits per heavy atom. The number of ether oxygens (including phenoxy) is 1. The van der Waals surface area contributed by atoms with Gasteiger partial charge in [0, 0.05) is 58.6 Å². The largest absolute Gasteiger partial charge is 0.379 e. The lowest BCUT2D eigenvalue weighted by Gasteiger charge is -2.34. The molecular formula is C21H37IN6O. The summed E-state index contributed by atoms with van der Waals surface area (Å²) >= 11 is 0. The molecule has 0 aliphatic carbocycles. The summed E-state index contributed by atoms with van der Waals surface area (Å²) in [6.07, 6.45) is 4.14. The summed E-state index contributed by atoms with van der Waals surface area (Å²) in [5.74, 6) is 2.58. The molecule has 2 fully saturated rings. The van der Waals surface area contributed by atoms with Crippen molar-refractivity contribution in [1.82, 2.24) is 20.5 Å². The van der Waals surface area contributed by atoms with E-state index in [1.807, 2.05) is 13.2 Å². The van der Waals surface area contributed by atoms with Crippen molar-refractivity contribution >= 4 is 35.8 Å². The van der Waals surface area contributed by atoms with Crippen LogP contribution in [0.1, 0.15) is 25.3 Å². The van der Waals surface area contributed by atoms with Crippen LogP contribution in [-0.2, 0) is 4.74 Å². The van der Waals surface area contributed by atoms with Gasteiger partial charge in [-0.25, -0.2) is 4.98 Å². The van der Waals surface area contributed by atoms with Crippen molar-refractivity contribution in [2.24, 2.45) is 10.9 Å². The van der Waals surface area contributed by atoms with E-state index in [1.165, 1.54) is 5.56 Å². The van der Waals surface area contributed by atoms with Crippen molar-refractivity contribution < 1.29 is 4.74 Å². The number of rotatable bonds is 6. The fourth-order valence-corrected chi connectivity index (χ4v) is 3.85. The van der Waals surface area contributed by atoms with E-state index in [4.69, 9.17) is 4.74 Å². The minimum atomic E-state index is 0. The van der Waals surface area contributed by atoms with Crippen LogP contribution in [0.4, 0.5) is 5.82 Å². The normalized spacial score (nSPS) is 20.1. The molecule has 2 saturated heterocycles. The Hall–Kier alpha value is -1.13. The van der Waals surface area contributed by atoms with Crippen LogP contribution in [0.2, 0.25) is 0 Å². The van der Waals surface area contributed by atoms with Crippen LogP contribution in [0, 0.1) is 12.8 Å². The van der Waals surface area contributed by atoms with Crippen molar-refractivity contribution in [2.75, 3.05) is 64.4 Å². The topological polar surface area (TPSA) is 65.0 Å². The third-order valence-corrected chi connectivity index (χ3v) is 5.57. The van der Waals surface area contributed by atoms with E-state index in [2.05, 4.69) is 56.4 Å².